The minimum Gasteiger partial charge on any atom is -0.350 e. The Labute approximate surface area is 138 Å². The predicted molar refractivity (Wildman–Crippen MR) is 73.4 cm³/mol. The minimum atomic E-state index is -4.83. The Morgan fingerprint density at radius 1 is 0.792 bits per heavy atom. The number of hydrogen-bond acceptors (Lipinski definition) is 10. The summed E-state index contributed by atoms with van der Waals surface area (Å²) in [5, 5.41) is 0. The van der Waals surface area contributed by atoms with E-state index in [1.54, 1.807) is 0 Å². The average Bonchev–Trinajstić information content (AvgIpc) is 2.40. The lowest BCUT2D eigenvalue weighted by Crippen LogP contribution is -2.59. The van der Waals surface area contributed by atoms with Gasteiger partial charge in [-0.15, -0.1) is 0 Å². The highest BCUT2D eigenvalue weighted by molar-refractivity contribution is 7.81. The first-order valence-corrected chi connectivity index (χ1v) is 9.53. The van der Waals surface area contributed by atoms with E-state index in [-0.39, 0.29) is 13.2 Å². The summed E-state index contributed by atoms with van der Waals surface area (Å²) in [6, 6.07) is 0. The molecule has 24 heavy (non-hydrogen) atoms. The highest BCUT2D eigenvalue weighted by Gasteiger charge is 2.47. The van der Waals surface area contributed by atoms with Crippen LogP contribution in [0.15, 0.2) is 0 Å². The predicted octanol–water partition coefficient (Wildman–Crippen LogP) is -1.11. The van der Waals surface area contributed by atoms with Crippen LogP contribution in [-0.4, -0.2) is 76.2 Å². The zero-order valence-corrected chi connectivity index (χ0v) is 14.3. The summed E-state index contributed by atoms with van der Waals surface area (Å²) in [6.45, 7) is 2.47. The second kappa shape index (κ2) is 7.45. The van der Waals surface area contributed by atoms with Gasteiger partial charge in [-0.25, -0.2) is 8.37 Å². The summed E-state index contributed by atoms with van der Waals surface area (Å²) in [5.74, 6) is 0. The van der Waals surface area contributed by atoms with Gasteiger partial charge in [-0.3, -0.25) is 9.11 Å². The highest BCUT2D eigenvalue weighted by Crippen LogP contribution is 2.28. The molecule has 0 radical (unpaired) electrons. The normalized spacial score (nSPS) is 38.8. The monoisotopic (exact) mass is 394 g/mol. The van der Waals surface area contributed by atoms with Gasteiger partial charge in [0.25, 0.3) is 0 Å². The van der Waals surface area contributed by atoms with Crippen LogP contribution in [0.25, 0.3) is 0 Å². The molecule has 6 unspecified atom stereocenters. The zero-order valence-electron chi connectivity index (χ0n) is 12.7. The van der Waals surface area contributed by atoms with Gasteiger partial charge in [0, 0.05) is 0 Å². The summed E-state index contributed by atoms with van der Waals surface area (Å²) in [6.07, 6.45) is -6.62. The van der Waals surface area contributed by atoms with Gasteiger partial charge in [0.2, 0.25) is 0 Å². The van der Waals surface area contributed by atoms with Crippen molar-refractivity contribution in [3.63, 3.8) is 0 Å². The standard InChI is InChI=1S/C10H18O12S2/c1-5-17-3-7(21-23(11,12)13)9(19-5)10-8(22-24(14,15)16)4-18-6(2)20-10/h5-10H,3-4H2,1-2H3,(H,11,12,13)(H,14,15,16). The SMILES string of the molecule is CC1OCC(OS(=O)(=O)O)C(C2OC(C)OCC2OS(=O)(=O)O)O1. The molecule has 6 atom stereocenters. The lowest BCUT2D eigenvalue weighted by atomic mass is 10.0. The third-order valence-corrected chi connectivity index (χ3v) is 4.22. The van der Waals surface area contributed by atoms with Crippen LogP contribution in [-0.2, 0) is 48.1 Å². The maximum atomic E-state index is 11.0. The van der Waals surface area contributed by atoms with Crippen LogP contribution < -0.4 is 0 Å². The van der Waals surface area contributed by atoms with Crippen molar-refractivity contribution in [1.29, 1.82) is 0 Å². The van der Waals surface area contributed by atoms with Crippen LogP contribution in [0.1, 0.15) is 13.8 Å². The third-order valence-electron chi connectivity index (χ3n) is 3.24. The van der Waals surface area contributed by atoms with Crippen LogP contribution in [0.4, 0.5) is 0 Å². The zero-order chi connectivity index (χ0) is 18.1. The van der Waals surface area contributed by atoms with Crippen LogP contribution >= 0.6 is 0 Å². The van der Waals surface area contributed by atoms with Gasteiger partial charge >= 0.3 is 20.8 Å². The molecule has 2 fully saturated rings. The maximum absolute atomic E-state index is 11.0. The van der Waals surface area contributed by atoms with E-state index in [4.69, 9.17) is 28.1 Å². The fourth-order valence-electron chi connectivity index (χ4n) is 2.40. The molecule has 2 heterocycles. The van der Waals surface area contributed by atoms with Crippen molar-refractivity contribution in [2.75, 3.05) is 13.2 Å². The van der Waals surface area contributed by atoms with Crippen molar-refractivity contribution >= 4 is 20.8 Å². The number of hydrogen-bond donors (Lipinski definition) is 2. The topological polar surface area (TPSA) is 164 Å². The van der Waals surface area contributed by atoms with Crippen molar-refractivity contribution in [2.45, 2.75) is 50.8 Å². The van der Waals surface area contributed by atoms with Gasteiger partial charge in [0.15, 0.2) is 12.6 Å². The Kier molecular flexibility index (Phi) is 6.17. The number of rotatable bonds is 5. The van der Waals surface area contributed by atoms with E-state index in [2.05, 4.69) is 8.37 Å². The summed E-state index contributed by atoms with van der Waals surface area (Å²) in [7, 11) is -9.67. The van der Waals surface area contributed by atoms with Gasteiger partial charge in [-0.2, -0.15) is 16.8 Å². The van der Waals surface area contributed by atoms with Crippen molar-refractivity contribution < 1.29 is 53.3 Å². The Morgan fingerprint density at radius 3 is 1.42 bits per heavy atom. The van der Waals surface area contributed by atoms with Crippen LogP contribution in [0.2, 0.25) is 0 Å². The summed E-state index contributed by atoms with van der Waals surface area (Å²) >= 11 is 0. The molecule has 0 aromatic carbocycles. The van der Waals surface area contributed by atoms with Crippen LogP contribution in [0.3, 0.4) is 0 Å². The fraction of sp³-hybridized carbons (Fsp3) is 1.00. The molecular weight excluding hydrogens is 376 g/mol. The quantitative estimate of drug-likeness (QED) is 0.541. The van der Waals surface area contributed by atoms with Crippen molar-refractivity contribution in [1.82, 2.24) is 0 Å². The van der Waals surface area contributed by atoms with Crippen molar-refractivity contribution in [3.8, 4) is 0 Å². The van der Waals surface area contributed by atoms with E-state index in [9.17, 15) is 16.8 Å². The second-order valence-electron chi connectivity index (χ2n) is 5.13. The van der Waals surface area contributed by atoms with Crippen LogP contribution in [0, 0.1) is 0 Å². The molecule has 0 bridgehead atoms. The number of ether oxygens (including phenoxy) is 4. The third kappa shape index (κ3) is 5.83. The van der Waals surface area contributed by atoms with E-state index in [0.717, 1.165) is 0 Å². The molecule has 0 aromatic heterocycles. The molecule has 0 spiro atoms. The molecular formula is C10H18O12S2. The van der Waals surface area contributed by atoms with Gasteiger partial charge < -0.3 is 18.9 Å². The molecule has 2 aliphatic rings. The fourth-order valence-corrected chi connectivity index (χ4v) is 3.36. The molecule has 14 heteroatoms. The molecule has 0 aromatic rings. The van der Waals surface area contributed by atoms with E-state index < -0.39 is 57.8 Å². The Morgan fingerprint density at radius 2 is 1.12 bits per heavy atom. The molecule has 0 aliphatic carbocycles. The van der Waals surface area contributed by atoms with E-state index in [1.165, 1.54) is 13.8 Å². The largest absolute Gasteiger partial charge is 0.397 e. The molecule has 0 saturated carbocycles. The van der Waals surface area contributed by atoms with Crippen molar-refractivity contribution in [3.05, 3.63) is 0 Å². The molecule has 142 valence electrons. The summed E-state index contributed by atoms with van der Waals surface area (Å²) in [5.41, 5.74) is 0. The summed E-state index contributed by atoms with van der Waals surface area (Å²) < 4.78 is 91.7. The smallest absolute Gasteiger partial charge is 0.350 e. The average molecular weight is 394 g/mol. The van der Waals surface area contributed by atoms with E-state index in [1.807, 2.05) is 0 Å². The van der Waals surface area contributed by atoms with Gasteiger partial charge in [-0.1, -0.05) is 0 Å². The highest BCUT2D eigenvalue weighted by atomic mass is 32.3. The Balaban J connectivity index is 2.25. The molecule has 2 saturated heterocycles. The van der Waals surface area contributed by atoms with E-state index >= 15 is 0 Å². The minimum absolute atomic E-state index is 0.278. The molecule has 2 N–H and O–H groups in total. The lowest BCUT2D eigenvalue weighted by Gasteiger charge is -2.43. The molecule has 2 aliphatic heterocycles. The van der Waals surface area contributed by atoms with Gasteiger partial charge in [0.1, 0.15) is 24.4 Å². The Bertz CT molecular complexity index is 574. The van der Waals surface area contributed by atoms with E-state index in [0.29, 0.717) is 0 Å². The Hall–Kier alpha value is -0.420. The van der Waals surface area contributed by atoms with Gasteiger partial charge in [-0.05, 0) is 13.8 Å². The molecule has 12 nitrogen and oxygen atoms in total. The first-order valence-electron chi connectivity index (χ1n) is 6.80. The second-order valence-corrected chi connectivity index (χ2v) is 7.22. The molecule has 0 amide bonds. The molecule has 2 rings (SSSR count). The van der Waals surface area contributed by atoms with Gasteiger partial charge in [0.05, 0.1) is 13.2 Å². The lowest BCUT2D eigenvalue weighted by molar-refractivity contribution is -0.314. The maximum Gasteiger partial charge on any atom is 0.397 e. The van der Waals surface area contributed by atoms with Crippen molar-refractivity contribution in [2.24, 2.45) is 0 Å². The first kappa shape index (κ1) is 19.9. The first-order chi connectivity index (χ1) is 10.9. The van der Waals surface area contributed by atoms with Crippen LogP contribution in [0.5, 0.6) is 0 Å². The summed E-state index contributed by atoms with van der Waals surface area (Å²) in [4.78, 5) is 0.